The molecule has 10 heavy (non-hydrogen) atoms. The molecule has 0 aliphatic rings. The van der Waals surface area contributed by atoms with Crippen LogP contribution in [0.15, 0.2) is 10.7 Å². The third-order valence-electron chi connectivity index (χ3n) is 0.675. The van der Waals surface area contributed by atoms with Gasteiger partial charge in [-0.25, -0.2) is 0 Å². The summed E-state index contributed by atoms with van der Waals surface area (Å²) >= 11 is 5.48. The zero-order valence-corrected chi connectivity index (χ0v) is 7.71. The van der Waals surface area contributed by atoms with Crippen LogP contribution in [0, 0.1) is 5.41 Å². The summed E-state index contributed by atoms with van der Waals surface area (Å²) in [5.74, 6) is 0. The van der Waals surface area contributed by atoms with E-state index in [0.29, 0.717) is 16.4 Å². The zero-order valence-electron chi connectivity index (χ0n) is 6.96. The van der Waals surface area contributed by atoms with Gasteiger partial charge in [-0.15, -0.1) is 0 Å². The molecule has 0 saturated carbocycles. The highest BCUT2D eigenvalue weighted by atomic mass is 35.5. The Morgan fingerprint density at radius 3 is 1.60 bits per heavy atom. The summed E-state index contributed by atoms with van der Waals surface area (Å²) in [4.78, 5) is 0. The maximum Gasteiger partial charge on any atom is 0.0794 e. The summed E-state index contributed by atoms with van der Waals surface area (Å²) in [6, 6.07) is 0. The van der Waals surface area contributed by atoms with Crippen molar-refractivity contribution in [2.24, 2.45) is 5.73 Å². The van der Waals surface area contributed by atoms with Crippen LogP contribution in [-0.4, -0.2) is 5.71 Å². The second-order valence-electron chi connectivity index (χ2n) is 1.62. The van der Waals surface area contributed by atoms with Crippen molar-refractivity contribution < 1.29 is 0 Å². The maximum absolute atomic E-state index is 6.96. The van der Waals surface area contributed by atoms with Gasteiger partial charge in [-0.1, -0.05) is 25.4 Å². The summed E-state index contributed by atoms with van der Waals surface area (Å²) in [6.45, 7) is 7.26. The number of hydrogen-bond acceptors (Lipinski definition) is 2. The van der Waals surface area contributed by atoms with E-state index in [4.69, 9.17) is 22.7 Å². The van der Waals surface area contributed by atoms with Gasteiger partial charge in [0, 0.05) is 11.4 Å². The first-order chi connectivity index (χ1) is 4.55. The predicted octanol–water partition coefficient (Wildman–Crippen LogP) is 2.48. The summed E-state index contributed by atoms with van der Waals surface area (Å²) < 4.78 is 0. The lowest BCUT2D eigenvalue weighted by Crippen LogP contribution is -1.99. The molecule has 0 spiro atoms. The number of rotatable bonds is 1. The van der Waals surface area contributed by atoms with E-state index in [1.807, 2.05) is 13.8 Å². The van der Waals surface area contributed by atoms with Crippen LogP contribution in [0.4, 0.5) is 0 Å². The van der Waals surface area contributed by atoms with E-state index >= 15 is 0 Å². The third kappa shape index (κ3) is 5.63. The first-order valence-electron chi connectivity index (χ1n) is 3.23. The highest BCUT2D eigenvalue weighted by Crippen LogP contribution is 2.04. The van der Waals surface area contributed by atoms with Gasteiger partial charge in [-0.05, 0) is 13.8 Å². The molecule has 0 aliphatic carbocycles. The van der Waals surface area contributed by atoms with E-state index < -0.39 is 0 Å². The van der Waals surface area contributed by atoms with Crippen molar-refractivity contribution in [2.45, 2.75) is 27.7 Å². The molecule has 0 aromatic heterocycles. The van der Waals surface area contributed by atoms with Crippen LogP contribution >= 0.6 is 11.6 Å². The summed E-state index contributed by atoms with van der Waals surface area (Å²) in [6.07, 6.45) is 0. The molecule has 0 heterocycles. The van der Waals surface area contributed by atoms with E-state index in [2.05, 4.69) is 0 Å². The van der Waals surface area contributed by atoms with Crippen molar-refractivity contribution in [3.63, 3.8) is 0 Å². The van der Waals surface area contributed by atoms with Crippen LogP contribution in [0.2, 0.25) is 0 Å². The van der Waals surface area contributed by atoms with Gasteiger partial charge in [-0.2, -0.15) is 0 Å². The smallest absolute Gasteiger partial charge is 0.0794 e. The molecule has 0 aromatic rings. The second kappa shape index (κ2) is 6.62. The van der Waals surface area contributed by atoms with Crippen LogP contribution in [0.1, 0.15) is 27.7 Å². The molecule has 3 heteroatoms. The highest BCUT2D eigenvalue weighted by molar-refractivity contribution is 6.42. The average molecular weight is 163 g/mol. The van der Waals surface area contributed by atoms with Crippen molar-refractivity contribution in [3.8, 4) is 0 Å². The van der Waals surface area contributed by atoms with E-state index in [0.717, 1.165) is 0 Å². The number of nitrogens with two attached hydrogens (primary N) is 1. The second-order valence-corrected chi connectivity index (χ2v) is 2.00. The van der Waals surface area contributed by atoms with Crippen molar-refractivity contribution in [1.29, 1.82) is 5.41 Å². The molecular weight excluding hydrogens is 148 g/mol. The van der Waals surface area contributed by atoms with Gasteiger partial charge < -0.3 is 11.1 Å². The van der Waals surface area contributed by atoms with Gasteiger partial charge in [0.05, 0.1) is 5.03 Å². The van der Waals surface area contributed by atoms with Gasteiger partial charge >= 0.3 is 0 Å². The quantitative estimate of drug-likeness (QED) is 0.572. The first kappa shape index (κ1) is 12.2. The standard InChI is InChI=1S/C5H9ClN2.C2H6/c1-3(7)5(6)4(2)8;1-2/h7H,8H2,1-2H3;1-2H3/b5-4+,7-3?;. The fraction of sp³-hybridized carbons (Fsp3) is 0.571. The Labute approximate surface area is 67.6 Å². The molecule has 0 aromatic carbocycles. The lowest BCUT2D eigenvalue weighted by atomic mass is 10.3. The van der Waals surface area contributed by atoms with Crippen molar-refractivity contribution >= 4 is 17.3 Å². The molecular formula is C7H15ClN2. The minimum Gasteiger partial charge on any atom is -0.401 e. The predicted molar refractivity (Wildman–Crippen MR) is 47.5 cm³/mol. The van der Waals surface area contributed by atoms with Gasteiger partial charge in [0.2, 0.25) is 0 Å². The van der Waals surface area contributed by atoms with Crippen LogP contribution < -0.4 is 5.73 Å². The van der Waals surface area contributed by atoms with E-state index in [-0.39, 0.29) is 0 Å². The van der Waals surface area contributed by atoms with Crippen LogP contribution in [0.3, 0.4) is 0 Å². The Bertz CT molecular complexity index is 135. The molecule has 2 nitrogen and oxygen atoms in total. The number of nitrogens with one attached hydrogen (secondary N) is 1. The molecule has 0 unspecified atom stereocenters. The van der Waals surface area contributed by atoms with E-state index in [9.17, 15) is 0 Å². The summed E-state index contributed by atoms with van der Waals surface area (Å²) in [7, 11) is 0. The Morgan fingerprint density at radius 1 is 1.30 bits per heavy atom. The molecule has 60 valence electrons. The largest absolute Gasteiger partial charge is 0.401 e. The molecule has 0 bridgehead atoms. The van der Waals surface area contributed by atoms with Gasteiger partial charge in [-0.3, -0.25) is 0 Å². The van der Waals surface area contributed by atoms with Crippen molar-refractivity contribution in [1.82, 2.24) is 0 Å². The molecule has 0 fully saturated rings. The Kier molecular flexibility index (Phi) is 8.07. The maximum atomic E-state index is 6.96. The summed E-state index contributed by atoms with van der Waals surface area (Å²) in [5, 5.41) is 7.31. The molecule has 0 rings (SSSR count). The fourth-order valence-electron chi connectivity index (χ4n) is 0.296. The van der Waals surface area contributed by atoms with Gasteiger partial charge in [0.15, 0.2) is 0 Å². The molecule has 0 radical (unpaired) electrons. The lowest BCUT2D eigenvalue weighted by Gasteiger charge is -1.94. The first-order valence-corrected chi connectivity index (χ1v) is 3.61. The minimum absolute atomic E-state index is 0.312. The fourth-order valence-corrected chi connectivity index (χ4v) is 0.296. The molecule has 0 atom stereocenters. The molecule has 3 N–H and O–H groups in total. The minimum atomic E-state index is 0.312. The third-order valence-corrected chi connectivity index (χ3v) is 1.26. The normalized spacial score (nSPS) is 10.9. The van der Waals surface area contributed by atoms with Gasteiger partial charge in [0.1, 0.15) is 0 Å². The molecule has 0 amide bonds. The average Bonchev–Trinajstić information content (AvgIpc) is 1.90. The summed E-state index contributed by atoms with van der Waals surface area (Å²) in [5.41, 5.74) is 6.05. The molecule has 0 aliphatic heterocycles. The Hall–Kier alpha value is -0.500. The Morgan fingerprint density at radius 2 is 1.60 bits per heavy atom. The SMILES string of the molecule is CC.CC(=N)/C(Cl)=C(/C)N. The lowest BCUT2D eigenvalue weighted by molar-refractivity contribution is 1.30. The Balaban J connectivity index is 0. The monoisotopic (exact) mass is 162 g/mol. The van der Waals surface area contributed by atoms with E-state index in [1.165, 1.54) is 0 Å². The van der Waals surface area contributed by atoms with Crippen molar-refractivity contribution in [3.05, 3.63) is 10.7 Å². The number of allylic oxidation sites excluding steroid dienone is 2. The highest BCUT2D eigenvalue weighted by Gasteiger charge is 1.95. The van der Waals surface area contributed by atoms with Gasteiger partial charge in [0.25, 0.3) is 0 Å². The number of halogens is 1. The number of hydrogen-bond donors (Lipinski definition) is 2. The zero-order chi connectivity index (χ0) is 8.73. The van der Waals surface area contributed by atoms with Crippen molar-refractivity contribution in [2.75, 3.05) is 0 Å². The topological polar surface area (TPSA) is 49.9 Å². The van der Waals surface area contributed by atoms with Crippen LogP contribution in [-0.2, 0) is 0 Å². The molecule has 0 saturated heterocycles. The van der Waals surface area contributed by atoms with E-state index in [1.54, 1.807) is 13.8 Å². The van der Waals surface area contributed by atoms with Crippen LogP contribution in [0.5, 0.6) is 0 Å². The van der Waals surface area contributed by atoms with Crippen LogP contribution in [0.25, 0.3) is 0 Å².